The van der Waals surface area contributed by atoms with Crippen molar-refractivity contribution < 1.29 is 33.6 Å². The molecule has 0 aromatic heterocycles. The first-order chi connectivity index (χ1) is 21.1. The fourth-order valence-electron chi connectivity index (χ4n) is 13.5. The fourth-order valence-corrected chi connectivity index (χ4v) is 13.5. The number of nitrogens with two attached hydrogens (primary N) is 1. The van der Waals surface area contributed by atoms with Gasteiger partial charge in [-0.05, 0) is 97.2 Å². The number of aliphatic hydroxyl groups excluding tert-OH is 1. The molecule has 0 radical (unpaired) electrons. The van der Waals surface area contributed by atoms with E-state index in [2.05, 4.69) is 34.6 Å². The van der Waals surface area contributed by atoms with Gasteiger partial charge in [0.25, 0.3) is 0 Å². The average molecular weight is 631 g/mol. The Morgan fingerprint density at radius 3 is 2.31 bits per heavy atom. The minimum atomic E-state index is -0.766. The van der Waals surface area contributed by atoms with Crippen LogP contribution in [-0.4, -0.2) is 79.0 Å². The Morgan fingerprint density at radius 2 is 1.64 bits per heavy atom. The molecule has 2 spiro atoms. The Bertz CT molecular complexity index is 1200. The molecule has 2 amide bonds. The molecule has 0 aromatic carbocycles. The van der Waals surface area contributed by atoms with E-state index in [4.69, 9.17) is 24.7 Å². The summed E-state index contributed by atoms with van der Waals surface area (Å²) in [7, 11) is 0. The third-order valence-corrected chi connectivity index (χ3v) is 15.6. The number of fused-ring (bicyclic) bond motifs is 4. The summed E-state index contributed by atoms with van der Waals surface area (Å²) in [5, 5.41) is 12.5. The van der Waals surface area contributed by atoms with Gasteiger partial charge in [-0.15, -0.1) is 0 Å². The third kappa shape index (κ3) is 4.20. The standard InChI is InChI=1S/C36H58N2O7/c1-20(2)27(45-30(37)40)22-18-21(3)26-28(43-22)29(39)34(7)24-9-8-23-32(4,5)25(44-31(41)38-14-16-42-17-15-38)10-11-35(23)19-36(24,35)13-12-33(26,34)6/h20-29,39H,8-19H2,1-7H3,(H2,37,40)/t21-,22+,23?,24?,25?,26+,27?,28?,29+,33?,34-,35?,36?/m1/s1. The van der Waals surface area contributed by atoms with Crippen LogP contribution < -0.4 is 5.73 Å². The number of hydrogen-bond acceptors (Lipinski definition) is 7. The van der Waals surface area contributed by atoms with Gasteiger partial charge in [-0.2, -0.15) is 0 Å². The van der Waals surface area contributed by atoms with Crippen LogP contribution in [-0.2, 0) is 18.9 Å². The Balaban J connectivity index is 1.14. The first-order valence-corrected chi connectivity index (χ1v) is 18.0. The van der Waals surface area contributed by atoms with E-state index in [1.165, 1.54) is 12.8 Å². The minimum Gasteiger partial charge on any atom is -0.446 e. The van der Waals surface area contributed by atoms with Crippen molar-refractivity contribution in [3.8, 4) is 0 Å². The Hall–Kier alpha value is -1.58. The summed E-state index contributed by atoms with van der Waals surface area (Å²) >= 11 is 0. The van der Waals surface area contributed by atoms with E-state index in [0.717, 1.165) is 38.5 Å². The number of primary amides is 1. The average Bonchev–Trinajstić information content (AvgIpc) is 3.62. The molecule has 7 aliphatic rings. The van der Waals surface area contributed by atoms with Crippen LogP contribution in [0.4, 0.5) is 9.59 Å². The number of ether oxygens (including phenoxy) is 4. The second-order valence-corrected chi connectivity index (χ2v) is 17.7. The van der Waals surface area contributed by atoms with Crippen molar-refractivity contribution in [1.82, 2.24) is 4.90 Å². The van der Waals surface area contributed by atoms with Crippen LogP contribution >= 0.6 is 0 Å². The molecule has 9 heteroatoms. The van der Waals surface area contributed by atoms with Gasteiger partial charge in [-0.3, -0.25) is 0 Å². The lowest BCUT2D eigenvalue weighted by molar-refractivity contribution is -0.185. The molecule has 2 heterocycles. The summed E-state index contributed by atoms with van der Waals surface area (Å²) in [5.74, 6) is 1.59. The number of amides is 2. The van der Waals surface area contributed by atoms with Crippen molar-refractivity contribution in [2.45, 2.75) is 130 Å². The number of aliphatic hydroxyl groups is 1. The first-order valence-electron chi connectivity index (χ1n) is 18.0. The van der Waals surface area contributed by atoms with Crippen molar-refractivity contribution >= 4 is 12.2 Å². The minimum absolute atomic E-state index is 0.0354. The summed E-state index contributed by atoms with van der Waals surface area (Å²) in [5.41, 5.74) is 5.56. The zero-order valence-corrected chi connectivity index (χ0v) is 28.7. The lowest BCUT2D eigenvalue weighted by Gasteiger charge is -2.63. The molecule has 254 valence electrons. The van der Waals surface area contributed by atoms with Gasteiger partial charge in [-0.25, -0.2) is 9.59 Å². The molecular weight excluding hydrogens is 572 g/mol. The molecule has 9 nitrogen and oxygen atoms in total. The summed E-state index contributed by atoms with van der Waals surface area (Å²) in [6.45, 7) is 18.3. The summed E-state index contributed by atoms with van der Waals surface area (Å²) in [6, 6.07) is 0. The second-order valence-electron chi connectivity index (χ2n) is 17.7. The highest BCUT2D eigenvalue weighted by Gasteiger charge is 2.84. The van der Waals surface area contributed by atoms with Crippen LogP contribution in [0.25, 0.3) is 0 Å². The maximum atomic E-state index is 13.2. The Labute approximate surface area is 269 Å². The monoisotopic (exact) mass is 630 g/mol. The normalized spacial score (nSPS) is 50.3. The lowest BCUT2D eigenvalue weighted by atomic mass is 9.41. The fraction of sp³-hybridized carbons (Fsp3) is 0.944. The predicted molar refractivity (Wildman–Crippen MR) is 168 cm³/mol. The number of hydrogen-bond donors (Lipinski definition) is 2. The number of carbonyl (C=O) groups excluding carboxylic acids is 2. The first kappa shape index (κ1) is 32.0. The van der Waals surface area contributed by atoms with E-state index in [0.29, 0.717) is 44.1 Å². The van der Waals surface area contributed by atoms with E-state index < -0.39 is 18.3 Å². The van der Waals surface area contributed by atoms with Crippen LogP contribution in [0.3, 0.4) is 0 Å². The zero-order chi connectivity index (χ0) is 32.3. The largest absolute Gasteiger partial charge is 0.446 e. The van der Waals surface area contributed by atoms with Gasteiger partial charge < -0.3 is 34.7 Å². The van der Waals surface area contributed by atoms with E-state index in [1.807, 2.05) is 13.8 Å². The molecule has 3 N–H and O–H groups in total. The Kier molecular flexibility index (Phi) is 7.43. The van der Waals surface area contributed by atoms with Crippen molar-refractivity contribution in [2.24, 2.45) is 62.4 Å². The highest BCUT2D eigenvalue weighted by Crippen LogP contribution is 2.89. The molecule has 2 saturated heterocycles. The van der Waals surface area contributed by atoms with Crippen molar-refractivity contribution in [2.75, 3.05) is 26.3 Å². The molecular formula is C36H58N2O7. The zero-order valence-electron chi connectivity index (χ0n) is 28.7. The molecule has 0 bridgehead atoms. The van der Waals surface area contributed by atoms with Gasteiger partial charge in [0.05, 0.1) is 31.5 Å². The molecule has 0 aromatic rings. The smallest absolute Gasteiger partial charge is 0.410 e. The highest BCUT2D eigenvalue weighted by atomic mass is 16.6. The van der Waals surface area contributed by atoms with Crippen LogP contribution in [0.15, 0.2) is 0 Å². The maximum Gasteiger partial charge on any atom is 0.410 e. The molecule has 7 rings (SSSR count). The molecule has 8 unspecified atom stereocenters. The number of morpholine rings is 1. The Morgan fingerprint density at radius 1 is 0.978 bits per heavy atom. The lowest BCUT2D eigenvalue weighted by Crippen LogP contribution is -2.60. The molecule has 7 fully saturated rings. The van der Waals surface area contributed by atoms with Crippen molar-refractivity contribution in [1.29, 1.82) is 0 Å². The van der Waals surface area contributed by atoms with Gasteiger partial charge in [0.1, 0.15) is 12.2 Å². The van der Waals surface area contributed by atoms with Crippen LogP contribution in [0.2, 0.25) is 0 Å². The van der Waals surface area contributed by atoms with Gasteiger partial charge in [-0.1, -0.05) is 48.5 Å². The number of nitrogens with zero attached hydrogens (tertiary/aromatic N) is 1. The van der Waals surface area contributed by atoms with Crippen LogP contribution in [0.5, 0.6) is 0 Å². The number of carbonyl (C=O) groups is 2. The van der Waals surface area contributed by atoms with Gasteiger partial charge in [0, 0.05) is 23.9 Å². The SMILES string of the molecule is CC(C)C(OC(N)=O)[C@@H]1C[C@@H](C)[C@H]2C(O1)[C@H](O)[C@@]1(C)C3CCC4C(C)(C)C(OC(=O)N5CCOCC5)CCC45CC35CCC21C. The summed E-state index contributed by atoms with van der Waals surface area (Å²) in [4.78, 5) is 26.8. The molecule has 2 aliphatic heterocycles. The molecule has 13 atom stereocenters. The van der Waals surface area contributed by atoms with Gasteiger partial charge >= 0.3 is 12.2 Å². The van der Waals surface area contributed by atoms with E-state index >= 15 is 0 Å². The number of rotatable bonds is 4. The molecule has 5 saturated carbocycles. The quantitative estimate of drug-likeness (QED) is 0.405. The highest BCUT2D eigenvalue weighted by molar-refractivity contribution is 5.68. The van der Waals surface area contributed by atoms with Gasteiger partial charge in [0.2, 0.25) is 0 Å². The van der Waals surface area contributed by atoms with Crippen LogP contribution in [0, 0.1) is 56.7 Å². The van der Waals surface area contributed by atoms with Crippen molar-refractivity contribution in [3.63, 3.8) is 0 Å². The molecule has 5 aliphatic carbocycles. The van der Waals surface area contributed by atoms with Crippen molar-refractivity contribution in [3.05, 3.63) is 0 Å². The summed E-state index contributed by atoms with van der Waals surface area (Å²) < 4.78 is 24.2. The third-order valence-electron chi connectivity index (χ3n) is 15.6. The topological polar surface area (TPSA) is 121 Å². The van der Waals surface area contributed by atoms with E-state index in [1.54, 1.807) is 4.90 Å². The van der Waals surface area contributed by atoms with E-state index in [9.17, 15) is 14.7 Å². The van der Waals surface area contributed by atoms with Gasteiger partial charge in [0.15, 0.2) is 0 Å². The maximum absolute atomic E-state index is 13.2. The summed E-state index contributed by atoms with van der Waals surface area (Å²) in [6.07, 6.45) is 5.99. The molecule has 45 heavy (non-hydrogen) atoms. The van der Waals surface area contributed by atoms with E-state index in [-0.39, 0.29) is 63.3 Å². The second kappa shape index (κ2) is 10.5. The van der Waals surface area contributed by atoms with Crippen LogP contribution in [0.1, 0.15) is 99.8 Å². The predicted octanol–water partition coefficient (Wildman–Crippen LogP) is 5.76.